The van der Waals surface area contributed by atoms with Gasteiger partial charge in [0.2, 0.25) is 5.91 Å². The summed E-state index contributed by atoms with van der Waals surface area (Å²) < 4.78 is 13.3. The van der Waals surface area contributed by atoms with Crippen molar-refractivity contribution in [3.63, 3.8) is 0 Å². The summed E-state index contributed by atoms with van der Waals surface area (Å²) in [6.45, 7) is 4.66. The molecule has 0 heterocycles. The molecule has 3 N–H and O–H groups in total. The molecule has 1 rings (SSSR count). The van der Waals surface area contributed by atoms with Crippen LogP contribution < -0.4 is 11.1 Å². The van der Waals surface area contributed by atoms with Crippen molar-refractivity contribution < 1.29 is 9.18 Å². The number of rotatable bonds is 6. The molecule has 100 valence electrons. The number of nitrogens with two attached hydrogens (primary N) is 1. The number of anilines is 1. The molecule has 0 aliphatic carbocycles. The van der Waals surface area contributed by atoms with Crippen LogP contribution in [0.15, 0.2) is 24.3 Å². The number of carbonyl (C=O) groups excluding carboxylic acids is 1. The van der Waals surface area contributed by atoms with E-state index in [1.165, 1.54) is 6.07 Å². The van der Waals surface area contributed by atoms with E-state index in [9.17, 15) is 9.18 Å². The van der Waals surface area contributed by atoms with E-state index >= 15 is 0 Å². The Labute approximate surface area is 108 Å². The number of hydrogen-bond acceptors (Lipinski definition) is 2. The van der Waals surface area contributed by atoms with Gasteiger partial charge in [0.25, 0.3) is 0 Å². The third-order valence-corrected chi connectivity index (χ3v) is 2.76. The first-order chi connectivity index (χ1) is 8.52. The van der Waals surface area contributed by atoms with Gasteiger partial charge in [-0.3, -0.25) is 4.79 Å². The van der Waals surface area contributed by atoms with Gasteiger partial charge < -0.3 is 11.1 Å². The Morgan fingerprint density at radius 1 is 1.39 bits per heavy atom. The van der Waals surface area contributed by atoms with Crippen LogP contribution in [-0.4, -0.2) is 12.5 Å². The van der Waals surface area contributed by atoms with Crippen molar-refractivity contribution in [3.8, 4) is 0 Å². The van der Waals surface area contributed by atoms with E-state index in [-0.39, 0.29) is 17.5 Å². The summed E-state index contributed by atoms with van der Waals surface area (Å²) in [6.07, 6.45) is 1.24. The molecule has 0 saturated carbocycles. The zero-order valence-corrected chi connectivity index (χ0v) is 10.9. The molecule has 1 aromatic rings. The van der Waals surface area contributed by atoms with E-state index in [1.54, 1.807) is 18.2 Å². The highest BCUT2D eigenvalue weighted by molar-refractivity contribution is 5.90. The van der Waals surface area contributed by atoms with Gasteiger partial charge in [0, 0.05) is 6.42 Å². The average molecular weight is 252 g/mol. The van der Waals surface area contributed by atoms with E-state index in [0.717, 1.165) is 6.42 Å². The van der Waals surface area contributed by atoms with Crippen LogP contribution in [0.5, 0.6) is 0 Å². The topological polar surface area (TPSA) is 55.1 Å². The lowest BCUT2D eigenvalue weighted by atomic mass is 9.94. The van der Waals surface area contributed by atoms with Crippen molar-refractivity contribution in [2.24, 2.45) is 17.6 Å². The van der Waals surface area contributed by atoms with Gasteiger partial charge in [0.05, 0.1) is 5.69 Å². The number of halogens is 1. The minimum atomic E-state index is -0.418. The second-order valence-electron chi connectivity index (χ2n) is 4.96. The van der Waals surface area contributed by atoms with Crippen LogP contribution in [0.3, 0.4) is 0 Å². The van der Waals surface area contributed by atoms with Crippen LogP contribution >= 0.6 is 0 Å². The number of amides is 1. The zero-order chi connectivity index (χ0) is 13.5. The number of carbonyl (C=O) groups is 1. The van der Waals surface area contributed by atoms with E-state index in [4.69, 9.17) is 5.73 Å². The lowest BCUT2D eigenvalue weighted by Crippen LogP contribution is -2.23. The summed E-state index contributed by atoms with van der Waals surface area (Å²) in [5.74, 6) is 0.0480. The van der Waals surface area contributed by atoms with Crippen LogP contribution in [0.4, 0.5) is 10.1 Å². The Hall–Kier alpha value is -1.42. The SMILES string of the molecule is CC(C)C[C@H](CN)CC(=O)Nc1ccccc1F. The zero-order valence-electron chi connectivity index (χ0n) is 10.9. The third-order valence-electron chi connectivity index (χ3n) is 2.76. The maximum Gasteiger partial charge on any atom is 0.224 e. The Kier molecular flexibility index (Phi) is 5.78. The molecule has 18 heavy (non-hydrogen) atoms. The predicted octanol–water partition coefficient (Wildman–Crippen LogP) is 2.78. The lowest BCUT2D eigenvalue weighted by molar-refractivity contribution is -0.117. The molecule has 0 aromatic heterocycles. The Morgan fingerprint density at radius 3 is 2.61 bits per heavy atom. The second kappa shape index (κ2) is 7.11. The van der Waals surface area contributed by atoms with Gasteiger partial charge in [0.1, 0.15) is 5.82 Å². The Bertz CT molecular complexity index is 393. The van der Waals surface area contributed by atoms with Gasteiger partial charge in [-0.25, -0.2) is 4.39 Å². The molecule has 0 fully saturated rings. The van der Waals surface area contributed by atoms with Gasteiger partial charge in [-0.05, 0) is 36.9 Å². The van der Waals surface area contributed by atoms with Gasteiger partial charge in [-0.2, -0.15) is 0 Å². The first kappa shape index (κ1) is 14.6. The average Bonchev–Trinajstić information content (AvgIpc) is 2.30. The first-order valence-electron chi connectivity index (χ1n) is 6.27. The minimum Gasteiger partial charge on any atom is -0.330 e. The van der Waals surface area contributed by atoms with E-state index < -0.39 is 5.82 Å². The molecule has 0 aliphatic heterocycles. The predicted molar refractivity (Wildman–Crippen MR) is 71.6 cm³/mol. The van der Waals surface area contributed by atoms with E-state index in [2.05, 4.69) is 19.2 Å². The molecule has 4 heteroatoms. The molecule has 0 radical (unpaired) electrons. The van der Waals surface area contributed by atoms with Crippen LogP contribution in [0.25, 0.3) is 0 Å². The quantitative estimate of drug-likeness (QED) is 0.818. The Morgan fingerprint density at radius 2 is 2.06 bits per heavy atom. The molecular formula is C14H21FN2O. The Balaban J connectivity index is 2.53. The smallest absolute Gasteiger partial charge is 0.224 e. The summed E-state index contributed by atoms with van der Waals surface area (Å²) in [5.41, 5.74) is 5.86. The van der Waals surface area contributed by atoms with Crippen molar-refractivity contribution in [1.82, 2.24) is 0 Å². The fourth-order valence-electron chi connectivity index (χ4n) is 1.96. The third kappa shape index (κ3) is 4.84. The van der Waals surface area contributed by atoms with Crippen molar-refractivity contribution in [2.45, 2.75) is 26.7 Å². The highest BCUT2D eigenvalue weighted by Gasteiger charge is 2.15. The molecule has 1 aromatic carbocycles. The maximum atomic E-state index is 13.3. The van der Waals surface area contributed by atoms with Gasteiger partial charge in [-0.1, -0.05) is 26.0 Å². The summed E-state index contributed by atoms with van der Waals surface area (Å²) in [5, 5.41) is 2.58. The molecule has 0 unspecified atom stereocenters. The molecule has 1 atom stereocenters. The normalized spacial score (nSPS) is 12.5. The van der Waals surface area contributed by atoms with Crippen molar-refractivity contribution in [3.05, 3.63) is 30.1 Å². The lowest BCUT2D eigenvalue weighted by Gasteiger charge is -2.16. The number of hydrogen-bond donors (Lipinski definition) is 2. The number of benzene rings is 1. The van der Waals surface area contributed by atoms with Crippen LogP contribution in [0, 0.1) is 17.7 Å². The van der Waals surface area contributed by atoms with Crippen molar-refractivity contribution in [1.29, 1.82) is 0 Å². The van der Waals surface area contributed by atoms with Gasteiger partial charge in [0.15, 0.2) is 0 Å². The first-order valence-corrected chi connectivity index (χ1v) is 6.27. The summed E-state index contributed by atoms with van der Waals surface area (Å²) >= 11 is 0. The second-order valence-corrected chi connectivity index (χ2v) is 4.96. The fourth-order valence-corrected chi connectivity index (χ4v) is 1.96. The molecule has 3 nitrogen and oxygen atoms in total. The molecule has 1 amide bonds. The van der Waals surface area contributed by atoms with E-state index in [1.807, 2.05) is 0 Å². The summed E-state index contributed by atoms with van der Waals surface area (Å²) in [4.78, 5) is 11.8. The molecule has 0 bridgehead atoms. The number of nitrogens with one attached hydrogen (secondary N) is 1. The molecule has 0 spiro atoms. The molecule has 0 saturated heterocycles. The van der Waals surface area contributed by atoms with Crippen molar-refractivity contribution in [2.75, 3.05) is 11.9 Å². The molecule has 0 aliphatic rings. The highest BCUT2D eigenvalue weighted by atomic mass is 19.1. The van der Waals surface area contributed by atoms with E-state index in [0.29, 0.717) is 18.9 Å². The van der Waals surface area contributed by atoms with Crippen molar-refractivity contribution >= 4 is 11.6 Å². The molecular weight excluding hydrogens is 231 g/mol. The highest BCUT2D eigenvalue weighted by Crippen LogP contribution is 2.17. The largest absolute Gasteiger partial charge is 0.330 e. The van der Waals surface area contributed by atoms with Crippen LogP contribution in [-0.2, 0) is 4.79 Å². The van der Waals surface area contributed by atoms with Crippen LogP contribution in [0.1, 0.15) is 26.7 Å². The fraction of sp³-hybridized carbons (Fsp3) is 0.500. The van der Waals surface area contributed by atoms with Crippen LogP contribution in [0.2, 0.25) is 0 Å². The summed E-state index contributed by atoms with van der Waals surface area (Å²) in [6, 6.07) is 6.15. The van der Waals surface area contributed by atoms with Gasteiger partial charge in [-0.15, -0.1) is 0 Å². The minimum absolute atomic E-state index is 0.150. The number of para-hydroxylation sites is 1. The maximum absolute atomic E-state index is 13.3. The van der Waals surface area contributed by atoms with Gasteiger partial charge >= 0.3 is 0 Å². The monoisotopic (exact) mass is 252 g/mol. The summed E-state index contributed by atoms with van der Waals surface area (Å²) in [7, 11) is 0. The standard InChI is InChI=1S/C14H21FN2O/c1-10(2)7-11(9-16)8-14(18)17-13-6-4-3-5-12(13)15/h3-6,10-11H,7-9,16H2,1-2H3,(H,17,18)/t11-/m0/s1.